The largest absolute Gasteiger partial charge is 0.342 e. The molecule has 1 heterocycles. The van der Waals surface area contributed by atoms with Crippen molar-refractivity contribution in [2.75, 3.05) is 20.1 Å². The second-order valence-corrected chi connectivity index (χ2v) is 6.02. The molecule has 4 nitrogen and oxygen atoms in total. The van der Waals surface area contributed by atoms with Crippen LogP contribution in [0.2, 0.25) is 0 Å². The van der Waals surface area contributed by atoms with Crippen molar-refractivity contribution in [3.63, 3.8) is 0 Å². The van der Waals surface area contributed by atoms with Gasteiger partial charge in [-0.25, -0.2) is 4.98 Å². The maximum Gasteiger partial charge on any atom is 0.104 e. The smallest absolute Gasteiger partial charge is 0.104 e. The third-order valence-electron chi connectivity index (χ3n) is 3.92. The standard InChI is InChI=1S/C15H22N4/c1-11-17-13-4-3-12(9-14(13)18-11)5-8-19(2)10-15(16)6-7-15/h3-4,9H,5-8,10,16H2,1-2H3,(H,17,18). The fourth-order valence-electron chi connectivity index (χ4n) is 2.60. The molecule has 4 heteroatoms. The zero-order valence-electron chi connectivity index (χ0n) is 11.7. The number of nitrogens with zero attached hydrogens (tertiary/aromatic N) is 2. The number of aromatic amines is 1. The van der Waals surface area contributed by atoms with Gasteiger partial charge in [0.15, 0.2) is 0 Å². The summed E-state index contributed by atoms with van der Waals surface area (Å²) in [6, 6.07) is 6.48. The minimum Gasteiger partial charge on any atom is -0.342 e. The monoisotopic (exact) mass is 258 g/mol. The van der Waals surface area contributed by atoms with Gasteiger partial charge in [0.2, 0.25) is 0 Å². The number of aromatic nitrogens is 2. The quantitative estimate of drug-likeness (QED) is 0.860. The van der Waals surface area contributed by atoms with Crippen molar-refractivity contribution in [3.8, 4) is 0 Å². The van der Waals surface area contributed by atoms with Crippen LogP contribution < -0.4 is 5.73 Å². The molecule has 0 saturated heterocycles. The second-order valence-electron chi connectivity index (χ2n) is 6.02. The molecule has 1 aliphatic rings. The SMILES string of the molecule is Cc1nc2ccc(CCN(C)CC3(N)CC3)cc2[nH]1. The van der Waals surface area contributed by atoms with Gasteiger partial charge in [0.25, 0.3) is 0 Å². The van der Waals surface area contributed by atoms with Crippen molar-refractivity contribution >= 4 is 11.0 Å². The van der Waals surface area contributed by atoms with Crippen molar-refractivity contribution < 1.29 is 0 Å². The van der Waals surface area contributed by atoms with E-state index in [1.54, 1.807) is 0 Å². The Morgan fingerprint density at radius 2 is 2.21 bits per heavy atom. The van der Waals surface area contributed by atoms with Crippen LogP contribution in [0.15, 0.2) is 18.2 Å². The van der Waals surface area contributed by atoms with Gasteiger partial charge in [-0.1, -0.05) is 6.07 Å². The zero-order valence-corrected chi connectivity index (χ0v) is 11.7. The first-order valence-electron chi connectivity index (χ1n) is 6.97. The fourth-order valence-corrected chi connectivity index (χ4v) is 2.60. The van der Waals surface area contributed by atoms with Gasteiger partial charge in [-0.2, -0.15) is 0 Å². The van der Waals surface area contributed by atoms with Crippen LogP contribution in [0.25, 0.3) is 11.0 Å². The van der Waals surface area contributed by atoms with E-state index in [1.807, 2.05) is 6.92 Å². The van der Waals surface area contributed by atoms with E-state index in [0.29, 0.717) is 0 Å². The van der Waals surface area contributed by atoms with E-state index in [4.69, 9.17) is 5.73 Å². The Labute approximate surface area is 114 Å². The number of hydrogen-bond donors (Lipinski definition) is 2. The van der Waals surface area contributed by atoms with E-state index in [1.165, 1.54) is 18.4 Å². The Morgan fingerprint density at radius 1 is 1.42 bits per heavy atom. The lowest BCUT2D eigenvalue weighted by Crippen LogP contribution is -2.38. The molecule has 0 radical (unpaired) electrons. The summed E-state index contributed by atoms with van der Waals surface area (Å²) >= 11 is 0. The van der Waals surface area contributed by atoms with E-state index in [-0.39, 0.29) is 5.54 Å². The maximum atomic E-state index is 6.14. The highest BCUT2D eigenvalue weighted by atomic mass is 15.1. The average Bonchev–Trinajstić information content (AvgIpc) is 2.95. The topological polar surface area (TPSA) is 57.9 Å². The minimum absolute atomic E-state index is 0.110. The van der Waals surface area contributed by atoms with Gasteiger partial charge in [0, 0.05) is 18.6 Å². The number of benzene rings is 1. The summed E-state index contributed by atoms with van der Waals surface area (Å²) in [7, 11) is 2.16. The molecule has 0 atom stereocenters. The molecule has 3 rings (SSSR count). The number of nitrogens with one attached hydrogen (secondary N) is 1. The maximum absolute atomic E-state index is 6.14. The molecular weight excluding hydrogens is 236 g/mol. The molecule has 1 aliphatic carbocycles. The Bertz CT molecular complexity index is 583. The van der Waals surface area contributed by atoms with Crippen LogP contribution in [0, 0.1) is 6.92 Å². The molecular formula is C15H22N4. The predicted molar refractivity (Wildman–Crippen MR) is 78.2 cm³/mol. The van der Waals surface area contributed by atoms with Crippen LogP contribution in [-0.4, -0.2) is 40.5 Å². The number of H-pyrrole nitrogens is 1. The Balaban J connectivity index is 1.61. The second kappa shape index (κ2) is 4.62. The number of fused-ring (bicyclic) bond motifs is 1. The molecule has 0 bridgehead atoms. The van der Waals surface area contributed by atoms with Gasteiger partial charge in [0.05, 0.1) is 11.0 Å². The molecule has 2 aromatic rings. The molecule has 3 N–H and O–H groups in total. The molecule has 0 aliphatic heterocycles. The number of nitrogens with two attached hydrogens (primary N) is 1. The van der Waals surface area contributed by atoms with Crippen molar-refractivity contribution in [1.29, 1.82) is 0 Å². The van der Waals surface area contributed by atoms with Gasteiger partial charge in [-0.3, -0.25) is 0 Å². The summed E-state index contributed by atoms with van der Waals surface area (Å²) in [5.41, 5.74) is 9.78. The van der Waals surface area contributed by atoms with Crippen molar-refractivity contribution in [2.45, 2.75) is 31.7 Å². The summed E-state index contributed by atoms with van der Waals surface area (Å²) in [5, 5.41) is 0. The molecule has 19 heavy (non-hydrogen) atoms. The Hall–Kier alpha value is -1.39. The highest BCUT2D eigenvalue weighted by Gasteiger charge is 2.38. The zero-order chi connectivity index (χ0) is 13.5. The predicted octanol–water partition coefficient (Wildman–Crippen LogP) is 1.84. The molecule has 0 unspecified atom stereocenters. The van der Waals surface area contributed by atoms with Crippen LogP contribution in [0.5, 0.6) is 0 Å². The third-order valence-corrected chi connectivity index (χ3v) is 3.92. The summed E-state index contributed by atoms with van der Waals surface area (Å²) in [4.78, 5) is 10.1. The first-order chi connectivity index (χ1) is 9.04. The van der Waals surface area contributed by atoms with Crippen molar-refractivity contribution in [3.05, 3.63) is 29.6 Å². The number of rotatable bonds is 5. The van der Waals surface area contributed by atoms with Crippen LogP contribution in [0.1, 0.15) is 24.2 Å². The van der Waals surface area contributed by atoms with Crippen molar-refractivity contribution in [1.82, 2.24) is 14.9 Å². The van der Waals surface area contributed by atoms with E-state index in [0.717, 1.165) is 36.4 Å². The van der Waals surface area contributed by atoms with Crippen LogP contribution in [0.3, 0.4) is 0 Å². The molecule has 0 amide bonds. The number of aryl methyl sites for hydroxylation is 1. The molecule has 1 fully saturated rings. The van der Waals surface area contributed by atoms with Gasteiger partial charge in [0.1, 0.15) is 5.82 Å². The normalized spacial score (nSPS) is 17.3. The highest BCUT2D eigenvalue weighted by Crippen LogP contribution is 2.32. The van der Waals surface area contributed by atoms with Crippen LogP contribution in [0.4, 0.5) is 0 Å². The molecule has 102 valence electrons. The lowest BCUT2D eigenvalue weighted by Gasteiger charge is -2.20. The Kier molecular flexibility index (Phi) is 3.07. The third kappa shape index (κ3) is 2.96. The number of hydrogen-bond acceptors (Lipinski definition) is 3. The van der Waals surface area contributed by atoms with Gasteiger partial charge in [-0.05, 0) is 50.9 Å². The summed E-state index contributed by atoms with van der Waals surface area (Å²) < 4.78 is 0. The average molecular weight is 258 g/mol. The number of likely N-dealkylation sites (N-methyl/N-ethyl adjacent to an activating group) is 1. The highest BCUT2D eigenvalue weighted by molar-refractivity contribution is 5.75. The molecule has 0 spiro atoms. The molecule has 1 aromatic heterocycles. The summed E-state index contributed by atoms with van der Waals surface area (Å²) in [6.07, 6.45) is 3.41. The summed E-state index contributed by atoms with van der Waals surface area (Å²) in [5.74, 6) is 0.975. The van der Waals surface area contributed by atoms with Gasteiger partial charge in [-0.15, -0.1) is 0 Å². The lowest BCUT2D eigenvalue weighted by atomic mass is 10.1. The Morgan fingerprint density at radius 3 is 2.95 bits per heavy atom. The van der Waals surface area contributed by atoms with E-state index >= 15 is 0 Å². The van der Waals surface area contributed by atoms with Crippen LogP contribution in [-0.2, 0) is 6.42 Å². The fraction of sp³-hybridized carbons (Fsp3) is 0.533. The first kappa shape index (κ1) is 12.6. The molecule has 1 aromatic carbocycles. The van der Waals surface area contributed by atoms with E-state index in [9.17, 15) is 0 Å². The van der Waals surface area contributed by atoms with Gasteiger partial charge < -0.3 is 15.6 Å². The number of imidazole rings is 1. The summed E-state index contributed by atoms with van der Waals surface area (Å²) in [6.45, 7) is 4.06. The van der Waals surface area contributed by atoms with Crippen LogP contribution >= 0.6 is 0 Å². The van der Waals surface area contributed by atoms with E-state index < -0.39 is 0 Å². The van der Waals surface area contributed by atoms with Gasteiger partial charge >= 0.3 is 0 Å². The minimum atomic E-state index is 0.110. The first-order valence-corrected chi connectivity index (χ1v) is 6.97. The van der Waals surface area contributed by atoms with E-state index in [2.05, 4.69) is 40.1 Å². The van der Waals surface area contributed by atoms with Crippen molar-refractivity contribution in [2.24, 2.45) is 5.73 Å². The molecule has 1 saturated carbocycles. The lowest BCUT2D eigenvalue weighted by molar-refractivity contribution is 0.306.